The minimum atomic E-state index is -0.205. The Hall–Kier alpha value is -2.87. The molecule has 2 heterocycles. The van der Waals surface area contributed by atoms with E-state index in [9.17, 15) is 9.90 Å². The fourth-order valence-electron chi connectivity index (χ4n) is 4.89. The molecule has 3 aromatic carbocycles. The first-order valence-electron chi connectivity index (χ1n) is 11.3. The summed E-state index contributed by atoms with van der Waals surface area (Å²) in [5.74, 6) is 0.136. The molecule has 4 aromatic rings. The van der Waals surface area contributed by atoms with E-state index in [1.54, 1.807) is 30.0 Å². The van der Waals surface area contributed by atoms with E-state index in [-0.39, 0.29) is 17.4 Å². The van der Waals surface area contributed by atoms with Crippen LogP contribution in [0.1, 0.15) is 34.7 Å². The maximum Gasteiger partial charge on any atom is 0.271 e. The van der Waals surface area contributed by atoms with Crippen LogP contribution in [0.25, 0.3) is 11.8 Å². The lowest BCUT2D eigenvalue weighted by molar-refractivity contribution is 0.474. The van der Waals surface area contributed by atoms with E-state index in [1.807, 2.05) is 10.6 Å². The van der Waals surface area contributed by atoms with Crippen LogP contribution >= 0.6 is 39.0 Å². The summed E-state index contributed by atoms with van der Waals surface area (Å²) in [6.45, 7) is 0. The number of aryl methyl sites for hydroxylation is 1. The molecular weight excluding hydrogens is 540 g/mol. The Morgan fingerprint density at radius 3 is 2.71 bits per heavy atom. The molecule has 0 amide bonds. The highest BCUT2D eigenvalue weighted by atomic mass is 79.9. The highest BCUT2D eigenvalue weighted by Crippen LogP contribution is 2.41. The SMILES string of the molecule is CSc1ccc(C2C3=C(N=c4sc(=Cc5cc(Br)ccc5O)c(=O)n42)c2ccccc2CC3)cc1. The number of aromatic nitrogens is 1. The molecule has 4 nitrogen and oxygen atoms in total. The quantitative estimate of drug-likeness (QED) is 0.336. The average molecular weight is 562 g/mol. The predicted molar refractivity (Wildman–Crippen MR) is 147 cm³/mol. The van der Waals surface area contributed by atoms with Gasteiger partial charge in [0.05, 0.1) is 16.3 Å². The summed E-state index contributed by atoms with van der Waals surface area (Å²) in [6.07, 6.45) is 5.61. The standard InChI is InChI=1S/C28H21BrN2O2S2/c1-34-20-10-6-17(7-11-20)26-22-12-8-16-4-2-3-5-21(16)25(22)30-28-31(26)27(33)24(35-28)15-18-14-19(29)9-13-23(18)32/h2-7,9-11,13-15,26,32H,8,12H2,1H3. The Morgan fingerprint density at radius 2 is 1.91 bits per heavy atom. The van der Waals surface area contributed by atoms with E-state index in [1.165, 1.54) is 27.4 Å². The lowest BCUT2D eigenvalue weighted by Gasteiger charge is -2.30. The van der Waals surface area contributed by atoms with Crippen LogP contribution in [0.4, 0.5) is 0 Å². The third-order valence-corrected chi connectivity index (χ3v) is 8.80. The zero-order valence-corrected chi connectivity index (χ0v) is 22.1. The fraction of sp³-hybridized carbons (Fsp3) is 0.143. The largest absolute Gasteiger partial charge is 0.507 e. The number of thioether (sulfide) groups is 1. The number of phenols is 1. The van der Waals surface area contributed by atoms with Gasteiger partial charge in [-0.25, -0.2) is 4.99 Å². The molecule has 0 saturated carbocycles. The number of benzene rings is 3. The van der Waals surface area contributed by atoms with E-state index in [2.05, 4.69) is 70.7 Å². The second kappa shape index (κ2) is 8.97. The third-order valence-electron chi connectivity index (χ3n) is 6.58. The number of hydrogen-bond donors (Lipinski definition) is 1. The van der Waals surface area contributed by atoms with Gasteiger partial charge in [0.25, 0.3) is 5.56 Å². The van der Waals surface area contributed by atoms with Crippen LogP contribution in [0.15, 0.2) is 91.5 Å². The van der Waals surface area contributed by atoms with Crippen molar-refractivity contribution >= 4 is 50.8 Å². The summed E-state index contributed by atoms with van der Waals surface area (Å²) in [6, 6.07) is 21.9. The molecule has 0 bridgehead atoms. The maximum absolute atomic E-state index is 13.8. The molecular formula is C28H21BrN2O2S2. The van der Waals surface area contributed by atoms with Crippen LogP contribution in [0, 0.1) is 0 Å². The number of nitrogens with zero attached hydrogens (tertiary/aromatic N) is 2. The molecule has 7 heteroatoms. The minimum Gasteiger partial charge on any atom is -0.507 e. The topological polar surface area (TPSA) is 54.6 Å². The Morgan fingerprint density at radius 1 is 1.11 bits per heavy atom. The predicted octanol–water partition coefficient (Wildman–Crippen LogP) is 5.51. The smallest absolute Gasteiger partial charge is 0.271 e. The Labute approximate surface area is 219 Å². The van der Waals surface area contributed by atoms with Gasteiger partial charge in [0.1, 0.15) is 5.75 Å². The highest BCUT2D eigenvalue weighted by Gasteiger charge is 2.32. The summed E-state index contributed by atoms with van der Waals surface area (Å²) in [7, 11) is 0. The Kier molecular flexibility index (Phi) is 5.79. The van der Waals surface area contributed by atoms with Crippen molar-refractivity contribution in [1.82, 2.24) is 4.57 Å². The number of halogens is 1. The van der Waals surface area contributed by atoms with E-state index < -0.39 is 0 Å². The van der Waals surface area contributed by atoms with Crippen molar-refractivity contribution in [1.29, 1.82) is 0 Å². The van der Waals surface area contributed by atoms with Crippen LogP contribution in [0.3, 0.4) is 0 Å². The van der Waals surface area contributed by atoms with Crippen molar-refractivity contribution in [3.8, 4) is 5.75 Å². The number of allylic oxidation sites excluding steroid dienone is 1. The van der Waals surface area contributed by atoms with Crippen LogP contribution in [-0.2, 0) is 6.42 Å². The minimum absolute atomic E-state index is 0.0857. The number of phenolic OH excluding ortho intramolecular Hbond substituents is 1. The molecule has 1 unspecified atom stereocenters. The summed E-state index contributed by atoms with van der Waals surface area (Å²) in [5.41, 5.74) is 6.22. The van der Waals surface area contributed by atoms with Crippen molar-refractivity contribution in [3.05, 3.63) is 119 Å². The zero-order chi connectivity index (χ0) is 24.1. The molecule has 2 aliphatic rings. The van der Waals surface area contributed by atoms with Crippen LogP contribution < -0.4 is 14.9 Å². The van der Waals surface area contributed by atoms with Gasteiger partial charge in [-0.2, -0.15) is 0 Å². The second-order valence-corrected chi connectivity index (χ2v) is 11.4. The molecule has 0 radical (unpaired) electrons. The van der Waals surface area contributed by atoms with Gasteiger partial charge in [-0.05, 0) is 72.2 Å². The number of thiazole rings is 1. The summed E-state index contributed by atoms with van der Waals surface area (Å²) in [5, 5.41) is 10.4. The van der Waals surface area contributed by atoms with Crippen molar-refractivity contribution < 1.29 is 5.11 Å². The molecule has 1 N–H and O–H groups in total. The van der Waals surface area contributed by atoms with Gasteiger partial charge in [0.15, 0.2) is 4.80 Å². The first-order valence-corrected chi connectivity index (χ1v) is 14.1. The van der Waals surface area contributed by atoms with Crippen molar-refractivity contribution in [2.45, 2.75) is 23.8 Å². The molecule has 6 rings (SSSR count). The summed E-state index contributed by atoms with van der Waals surface area (Å²) in [4.78, 5) is 20.7. The monoisotopic (exact) mass is 560 g/mol. The molecule has 1 atom stereocenters. The zero-order valence-electron chi connectivity index (χ0n) is 18.9. The van der Waals surface area contributed by atoms with E-state index in [0.29, 0.717) is 14.9 Å². The van der Waals surface area contributed by atoms with Gasteiger partial charge in [0.2, 0.25) is 0 Å². The van der Waals surface area contributed by atoms with Crippen molar-refractivity contribution in [2.75, 3.05) is 6.26 Å². The molecule has 174 valence electrons. The molecule has 1 aliphatic heterocycles. The van der Waals surface area contributed by atoms with Crippen molar-refractivity contribution in [3.63, 3.8) is 0 Å². The van der Waals surface area contributed by atoms with Crippen LogP contribution in [0.5, 0.6) is 5.75 Å². The first kappa shape index (κ1) is 22.6. The first-order chi connectivity index (χ1) is 17.0. The fourth-order valence-corrected chi connectivity index (χ4v) is 6.67. The van der Waals surface area contributed by atoms with Crippen molar-refractivity contribution in [2.24, 2.45) is 4.99 Å². The molecule has 1 aromatic heterocycles. The average Bonchev–Trinajstić information content (AvgIpc) is 3.19. The number of aromatic hydroxyl groups is 1. The normalized spacial score (nSPS) is 17.0. The van der Waals surface area contributed by atoms with E-state index in [0.717, 1.165) is 34.1 Å². The Balaban J connectivity index is 1.62. The molecule has 0 fully saturated rings. The lowest BCUT2D eigenvalue weighted by Crippen LogP contribution is -2.38. The molecule has 0 saturated heterocycles. The van der Waals surface area contributed by atoms with Gasteiger partial charge in [0, 0.05) is 20.5 Å². The van der Waals surface area contributed by atoms with Crippen LogP contribution in [0.2, 0.25) is 0 Å². The highest BCUT2D eigenvalue weighted by molar-refractivity contribution is 9.10. The maximum atomic E-state index is 13.8. The van der Waals surface area contributed by atoms with Gasteiger partial charge in [-0.15, -0.1) is 11.8 Å². The van der Waals surface area contributed by atoms with Gasteiger partial charge < -0.3 is 5.11 Å². The number of hydrogen-bond acceptors (Lipinski definition) is 5. The molecule has 0 spiro atoms. The lowest BCUT2D eigenvalue weighted by atomic mass is 9.83. The summed E-state index contributed by atoms with van der Waals surface area (Å²) < 4.78 is 3.23. The summed E-state index contributed by atoms with van der Waals surface area (Å²) >= 11 is 6.53. The van der Waals surface area contributed by atoms with E-state index >= 15 is 0 Å². The van der Waals surface area contributed by atoms with Crippen LogP contribution in [-0.4, -0.2) is 15.9 Å². The molecule has 1 aliphatic carbocycles. The third kappa shape index (κ3) is 3.92. The second-order valence-electron chi connectivity index (χ2n) is 8.59. The van der Waals surface area contributed by atoms with Gasteiger partial charge in [-0.1, -0.05) is 63.7 Å². The van der Waals surface area contributed by atoms with E-state index in [4.69, 9.17) is 4.99 Å². The van der Waals surface area contributed by atoms with Gasteiger partial charge in [-0.3, -0.25) is 9.36 Å². The molecule has 35 heavy (non-hydrogen) atoms. The van der Waals surface area contributed by atoms with Gasteiger partial charge >= 0.3 is 0 Å². The number of fused-ring (bicyclic) bond motifs is 3. The number of rotatable bonds is 3. The Bertz CT molecular complexity index is 1680.